The molecule has 0 aromatic carbocycles. The highest BCUT2D eigenvalue weighted by molar-refractivity contribution is 7.89. The van der Waals surface area contributed by atoms with Crippen molar-refractivity contribution < 1.29 is 13.2 Å². The zero-order valence-corrected chi connectivity index (χ0v) is 14.5. The van der Waals surface area contributed by atoms with Crippen molar-refractivity contribution in [3.05, 3.63) is 11.1 Å². The van der Waals surface area contributed by atoms with Crippen LogP contribution in [0.4, 0.5) is 5.13 Å². The monoisotopic (exact) mass is 346 g/mol. The molecule has 1 aromatic rings. The van der Waals surface area contributed by atoms with Crippen LogP contribution in [0.2, 0.25) is 0 Å². The minimum absolute atomic E-state index is 0.0160. The fourth-order valence-corrected chi connectivity index (χ4v) is 3.59. The normalized spacial score (nSPS) is 16.1. The molecule has 1 N–H and O–H groups in total. The van der Waals surface area contributed by atoms with E-state index in [1.54, 1.807) is 23.2 Å². The van der Waals surface area contributed by atoms with Crippen LogP contribution in [0.5, 0.6) is 0 Å². The number of amides is 1. The first-order valence-electron chi connectivity index (χ1n) is 7.40. The number of rotatable bonds is 6. The molecular formula is C13H22N4O3S2. The van der Waals surface area contributed by atoms with Gasteiger partial charge in [0, 0.05) is 37.3 Å². The first-order chi connectivity index (χ1) is 10.4. The van der Waals surface area contributed by atoms with E-state index >= 15 is 0 Å². The number of aryl methyl sites for hydroxylation is 1. The molecule has 124 valence electrons. The van der Waals surface area contributed by atoms with Crippen LogP contribution in [0.15, 0.2) is 6.20 Å². The summed E-state index contributed by atoms with van der Waals surface area (Å²) in [6.45, 7) is 6.12. The molecular weight excluding hydrogens is 324 g/mol. The topological polar surface area (TPSA) is 82.6 Å². The number of hydrogen-bond donors (Lipinski definition) is 1. The number of carbonyl (C=O) groups is 1. The minimum Gasteiger partial charge on any atom is -0.345 e. The molecule has 0 spiro atoms. The number of anilines is 1. The summed E-state index contributed by atoms with van der Waals surface area (Å²) in [6, 6.07) is 0. The number of aromatic nitrogens is 1. The van der Waals surface area contributed by atoms with Crippen LogP contribution in [0.1, 0.15) is 18.7 Å². The Morgan fingerprint density at radius 2 is 2.00 bits per heavy atom. The fourth-order valence-electron chi connectivity index (χ4n) is 2.14. The maximum absolute atomic E-state index is 12.0. The molecule has 0 saturated carbocycles. The lowest BCUT2D eigenvalue weighted by molar-refractivity contribution is -0.130. The smallest absolute Gasteiger partial charge is 0.237 e. The molecule has 0 atom stereocenters. The molecule has 2 heterocycles. The predicted octanol–water partition coefficient (Wildman–Crippen LogP) is 0.293. The molecule has 22 heavy (non-hydrogen) atoms. The van der Waals surface area contributed by atoms with Crippen molar-refractivity contribution in [3.63, 3.8) is 0 Å². The van der Waals surface area contributed by atoms with E-state index in [0.717, 1.165) is 24.6 Å². The number of thiazole rings is 1. The van der Waals surface area contributed by atoms with E-state index < -0.39 is 10.0 Å². The van der Waals surface area contributed by atoms with Crippen molar-refractivity contribution in [1.82, 2.24) is 14.6 Å². The Balaban J connectivity index is 1.82. The zero-order valence-electron chi connectivity index (χ0n) is 12.9. The predicted molar refractivity (Wildman–Crippen MR) is 87.7 cm³/mol. The molecule has 2 rings (SSSR count). The molecule has 0 aliphatic carbocycles. The average molecular weight is 346 g/mol. The lowest BCUT2D eigenvalue weighted by atomic mass is 10.3. The van der Waals surface area contributed by atoms with Crippen molar-refractivity contribution in [2.45, 2.75) is 20.3 Å². The van der Waals surface area contributed by atoms with E-state index in [0.29, 0.717) is 13.1 Å². The van der Waals surface area contributed by atoms with Crippen LogP contribution in [0.25, 0.3) is 0 Å². The largest absolute Gasteiger partial charge is 0.345 e. The first kappa shape index (κ1) is 17.2. The molecule has 0 unspecified atom stereocenters. The summed E-state index contributed by atoms with van der Waals surface area (Å²) < 4.78 is 25.0. The molecule has 0 radical (unpaired) electrons. The third-order valence-electron chi connectivity index (χ3n) is 3.62. The van der Waals surface area contributed by atoms with E-state index in [2.05, 4.69) is 21.5 Å². The summed E-state index contributed by atoms with van der Waals surface area (Å²) in [4.78, 5) is 21.6. The Bertz CT molecular complexity index is 607. The molecule has 1 aliphatic heterocycles. The molecule has 1 aromatic heterocycles. The first-order valence-corrected chi connectivity index (χ1v) is 9.86. The second-order valence-electron chi connectivity index (χ2n) is 5.06. The summed E-state index contributed by atoms with van der Waals surface area (Å²) in [6.07, 6.45) is 2.88. The summed E-state index contributed by atoms with van der Waals surface area (Å²) in [5.74, 6) is -0.192. The Kier molecular flexibility index (Phi) is 5.76. The minimum atomic E-state index is -3.32. The van der Waals surface area contributed by atoms with E-state index in [-0.39, 0.29) is 18.2 Å². The molecule has 0 bridgehead atoms. The summed E-state index contributed by atoms with van der Waals surface area (Å²) >= 11 is 1.69. The standard InChI is InChI=1S/C13H22N4O3S2/c1-3-11-9-14-13(21-11)17-7-5-16(6-8-17)12(18)10-15-22(19,20)4-2/h9,15H,3-8,10H2,1-2H3. The maximum atomic E-state index is 12.0. The van der Waals surface area contributed by atoms with Gasteiger partial charge in [-0.05, 0) is 13.3 Å². The SMILES string of the molecule is CCc1cnc(N2CCN(C(=O)CNS(=O)(=O)CC)CC2)s1. The zero-order chi connectivity index (χ0) is 16.2. The average Bonchev–Trinajstić information content (AvgIpc) is 3.02. The quantitative estimate of drug-likeness (QED) is 0.801. The highest BCUT2D eigenvalue weighted by Crippen LogP contribution is 2.23. The van der Waals surface area contributed by atoms with Gasteiger partial charge in [-0.15, -0.1) is 11.3 Å². The van der Waals surface area contributed by atoms with Gasteiger partial charge in [0.1, 0.15) is 0 Å². The van der Waals surface area contributed by atoms with Gasteiger partial charge in [0.15, 0.2) is 5.13 Å². The molecule has 1 aliphatic rings. The van der Waals surface area contributed by atoms with Gasteiger partial charge in [0.2, 0.25) is 15.9 Å². The van der Waals surface area contributed by atoms with E-state index in [1.165, 1.54) is 4.88 Å². The highest BCUT2D eigenvalue weighted by atomic mass is 32.2. The molecule has 1 fully saturated rings. The highest BCUT2D eigenvalue weighted by Gasteiger charge is 2.23. The number of hydrogen-bond acceptors (Lipinski definition) is 6. The van der Waals surface area contributed by atoms with E-state index in [1.807, 2.05) is 6.20 Å². The lowest BCUT2D eigenvalue weighted by Crippen LogP contribution is -2.51. The Morgan fingerprint density at radius 1 is 1.32 bits per heavy atom. The van der Waals surface area contributed by atoms with Crippen molar-refractivity contribution in [3.8, 4) is 0 Å². The second-order valence-corrected chi connectivity index (χ2v) is 8.24. The second kappa shape index (κ2) is 7.38. The molecule has 7 nitrogen and oxygen atoms in total. The number of carbonyl (C=O) groups excluding carboxylic acids is 1. The van der Waals surface area contributed by atoms with E-state index in [9.17, 15) is 13.2 Å². The summed E-state index contributed by atoms with van der Waals surface area (Å²) in [7, 11) is -3.32. The number of nitrogens with zero attached hydrogens (tertiary/aromatic N) is 3. The van der Waals surface area contributed by atoms with Crippen molar-refractivity contribution >= 4 is 32.4 Å². The van der Waals surface area contributed by atoms with Gasteiger partial charge in [-0.25, -0.2) is 18.1 Å². The number of nitrogens with one attached hydrogen (secondary N) is 1. The molecule has 1 amide bonds. The van der Waals surface area contributed by atoms with Crippen LogP contribution >= 0.6 is 11.3 Å². The van der Waals surface area contributed by atoms with Crippen molar-refractivity contribution in [2.75, 3.05) is 43.4 Å². The van der Waals surface area contributed by atoms with Crippen molar-refractivity contribution in [1.29, 1.82) is 0 Å². The van der Waals surface area contributed by atoms with Crippen LogP contribution in [-0.4, -0.2) is 62.7 Å². The third kappa shape index (κ3) is 4.40. The number of piperazine rings is 1. The number of sulfonamides is 1. The molecule has 9 heteroatoms. The Morgan fingerprint density at radius 3 is 2.55 bits per heavy atom. The summed E-state index contributed by atoms with van der Waals surface area (Å²) in [5, 5.41) is 0.996. The van der Waals surface area contributed by atoms with Gasteiger partial charge in [-0.2, -0.15) is 0 Å². The van der Waals surface area contributed by atoms with E-state index in [4.69, 9.17) is 0 Å². The van der Waals surface area contributed by atoms with Gasteiger partial charge in [0.25, 0.3) is 0 Å². The van der Waals surface area contributed by atoms with Gasteiger partial charge in [0.05, 0.1) is 12.3 Å². The van der Waals surface area contributed by atoms with Gasteiger partial charge >= 0.3 is 0 Å². The lowest BCUT2D eigenvalue weighted by Gasteiger charge is -2.34. The summed E-state index contributed by atoms with van der Waals surface area (Å²) in [5.41, 5.74) is 0. The molecule has 1 saturated heterocycles. The van der Waals surface area contributed by atoms with Crippen LogP contribution in [-0.2, 0) is 21.2 Å². The Hall–Kier alpha value is -1.19. The maximum Gasteiger partial charge on any atom is 0.237 e. The van der Waals surface area contributed by atoms with Gasteiger partial charge < -0.3 is 9.80 Å². The van der Waals surface area contributed by atoms with Crippen LogP contribution in [0, 0.1) is 0 Å². The fraction of sp³-hybridized carbons (Fsp3) is 0.692. The van der Waals surface area contributed by atoms with Gasteiger partial charge in [-0.1, -0.05) is 6.92 Å². The van der Waals surface area contributed by atoms with Crippen molar-refractivity contribution in [2.24, 2.45) is 0 Å². The van der Waals surface area contributed by atoms with Gasteiger partial charge in [-0.3, -0.25) is 4.79 Å². The third-order valence-corrected chi connectivity index (χ3v) is 6.16. The van der Waals surface area contributed by atoms with Crippen LogP contribution < -0.4 is 9.62 Å². The Labute approximate surface area is 135 Å². The van der Waals surface area contributed by atoms with Crippen LogP contribution in [0.3, 0.4) is 0 Å².